The molecule has 0 aliphatic heterocycles. The number of methoxy groups -OCH3 is 1. The van der Waals surface area contributed by atoms with E-state index in [1.54, 1.807) is 24.3 Å². The van der Waals surface area contributed by atoms with Gasteiger partial charge in [0.05, 0.1) is 17.5 Å². The van der Waals surface area contributed by atoms with Crippen molar-refractivity contribution in [2.24, 2.45) is 5.41 Å². The number of nitrogens with zero attached hydrogens (tertiary/aromatic N) is 1. The third-order valence-corrected chi connectivity index (χ3v) is 8.89. The average molecular weight is 440 g/mol. The van der Waals surface area contributed by atoms with Crippen LogP contribution in [0.1, 0.15) is 41.6 Å². The predicted octanol–water partition coefficient (Wildman–Crippen LogP) is 3.58. The summed E-state index contributed by atoms with van der Waals surface area (Å²) >= 11 is 0. The van der Waals surface area contributed by atoms with Crippen molar-refractivity contribution < 1.29 is 23.1 Å². The van der Waals surface area contributed by atoms with Crippen LogP contribution < -0.4 is 0 Å². The number of aryl methyl sites for hydroxylation is 2. The Kier molecular flexibility index (Phi) is 4.21. The van der Waals surface area contributed by atoms with Gasteiger partial charge in [-0.1, -0.05) is 29.8 Å². The second kappa shape index (κ2) is 6.43. The van der Waals surface area contributed by atoms with Crippen LogP contribution in [-0.2, 0) is 31.6 Å². The molecule has 2 atom stereocenters. The van der Waals surface area contributed by atoms with Crippen LogP contribution in [0.5, 0.6) is 0 Å². The van der Waals surface area contributed by atoms with Crippen molar-refractivity contribution in [1.82, 2.24) is 3.97 Å². The van der Waals surface area contributed by atoms with Crippen LogP contribution in [0.2, 0.25) is 0 Å². The molecular formula is C24H25NO5S. The topological polar surface area (TPSA) is 85.6 Å². The molecule has 0 amide bonds. The van der Waals surface area contributed by atoms with E-state index in [0.717, 1.165) is 11.1 Å². The molecule has 0 radical (unpaired) electrons. The van der Waals surface area contributed by atoms with Gasteiger partial charge in [0, 0.05) is 23.1 Å². The minimum Gasteiger partial charge on any atom is -0.468 e. The van der Waals surface area contributed by atoms with E-state index in [4.69, 9.17) is 4.74 Å². The Bertz CT molecular complexity index is 1340. The molecule has 31 heavy (non-hydrogen) atoms. The van der Waals surface area contributed by atoms with Crippen LogP contribution >= 0.6 is 0 Å². The average Bonchev–Trinajstić information content (AvgIpc) is 3.30. The molecule has 0 unspecified atom stereocenters. The lowest BCUT2D eigenvalue weighted by Gasteiger charge is -2.34. The first-order valence-corrected chi connectivity index (χ1v) is 11.9. The summed E-state index contributed by atoms with van der Waals surface area (Å²) in [6.07, 6.45) is 1.66. The fraction of sp³-hybridized carbons (Fsp3) is 0.375. The number of ether oxygens (including phenoxy) is 1. The van der Waals surface area contributed by atoms with Gasteiger partial charge in [-0.25, -0.2) is 12.4 Å². The number of benzene rings is 2. The molecule has 0 saturated heterocycles. The summed E-state index contributed by atoms with van der Waals surface area (Å²) < 4.78 is 34.1. The number of hydrogen-bond donors (Lipinski definition) is 1. The van der Waals surface area contributed by atoms with Crippen molar-refractivity contribution in [2.45, 2.75) is 50.0 Å². The lowest BCUT2D eigenvalue weighted by molar-refractivity contribution is -0.167. The molecule has 2 aliphatic rings. The third kappa shape index (κ3) is 2.47. The maximum atomic E-state index is 13.8. The van der Waals surface area contributed by atoms with E-state index in [1.807, 2.05) is 32.0 Å². The maximum absolute atomic E-state index is 13.8. The zero-order chi connectivity index (χ0) is 22.2. The van der Waals surface area contributed by atoms with E-state index in [1.165, 1.54) is 11.1 Å². The van der Waals surface area contributed by atoms with E-state index in [0.29, 0.717) is 41.4 Å². The standard InChI is InChI=1S/C24H25NO5S/c1-15-5-8-17(9-6-15)31(28,29)25-19-13-16(2)7-10-18(19)21-20(25)14-23(22(26)30-3)11-4-12-24(21,23)27/h5-10,13,27H,4,11-12,14H2,1-3H3/t23-,24-/m1/s1. The van der Waals surface area contributed by atoms with Crippen molar-refractivity contribution in [3.63, 3.8) is 0 Å². The zero-order valence-corrected chi connectivity index (χ0v) is 18.6. The van der Waals surface area contributed by atoms with E-state index in [-0.39, 0.29) is 11.3 Å². The van der Waals surface area contributed by atoms with Gasteiger partial charge in [0.15, 0.2) is 0 Å². The zero-order valence-electron chi connectivity index (χ0n) is 17.8. The summed E-state index contributed by atoms with van der Waals surface area (Å²) in [5.41, 5.74) is 0.847. The predicted molar refractivity (Wildman–Crippen MR) is 116 cm³/mol. The molecule has 6 nitrogen and oxygen atoms in total. The summed E-state index contributed by atoms with van der Waals surface area (Å²) in [4.78, 5) is 13.1. The lowest BCUT2D eigenvalue weighted by Crippen LogP contribution is -2.45. The molecule has 1 N–H and O–H groups in total. The highest BCUT2D eigenvalue weighted by molar-refractivity contribution is 7.90. The number of rotatable bonds is 3. The monoisotopic (exact) mass is 439 g/mol. The van der Waals surface area contributed by atoms with Gasteiger partial charge in [-0.2, -0.15) is 0 Å². The molecule has 2 aromatic carbocycles. The minimum atomic E-state index is -3.94. The highest BCUT2D eigenvalue weighted by Crippen LogP contribution is 2.62. The highest BCUT2D eigenvalue weighted by atomic mass is 32.2. The number of aliphatic hydroxyl groups is 1. The molecule has 2 aliphatic carbocycles. The van der Waals surface area contributed by atoms with Gasteiger partial charge in [-0.15, -0.1) is 0 Å². The van der Waals surface area contributed by atoms with Gasteiger partial charge in [0.25, 0.3) is 10.0 Å². The van der Waals surface area contributed by atoms with Crippen molar-refractivity contribution >= 4 is 26.9 Å². The first-order valence-electron chi connectivity index (χ1n) is 10.4. The molecule has 162 valence electrons. The first-order chi connectivity index (χ1) is 14.7. The van der Waals surface area contributed by atoms with E-state index < -0.39 is 27.0 Å². The second-order valence-corrected chi connectivity index (χ2v) is 10.7. The van der Waals surface area contributed by atoms with Crippen LogP contribution in [0.3, 0.4) is 0 Å². The quantitative estimate of drug-likeness (QED) is 0.631. The van der Waals surface area contributed by atoms with Crippen molar-refractivity contribution in [3.05, 3.63) is 64.8 Å². The fourth-order valence-corrected chi connectivity index (χ4v) is 7.20. The SMILES string of the molecule is COC(=O)[C@]12CCC[C@@]1(O)c1c(n(S(=O)(=O)c3ccc(C)cc3)c3cc(C)ccc13)C2. The number of fused-ring (bicyclic) bond motifs is 5. The molecule has 5 rings (SSSR count). The normalized spacial score (nSPS) is 24.9. The van der Waals surface area contributed by atoms with Crippen LogP contribution in [0, 0.1) is 19.3 Å². The van der Waals surface area contributed by atoms with Crippen molar-refractivity contribution in [3.8, 4) is 0 Å². The third-order valence-electron chi connectivity index (χ3n) is 7.13. The molecule has 1 aromatic heterocycles. The van der Waals surface area contributed by atoms with Gasteiger partial charge in [0.2, 0.25) is 0 Å². The fourth-order valence-electron chi connectivity index (χ4n) is 5.65. The summed E-state index contributed by atoms with van der Waals surface area (Å²) in [5, 5.41) is 12.6. The van der Waals surface area contributed by atoms with E-state index >= 15 is 0 Å². The Labute approximate surface area is 181 Å². The number of aromatic nitrogens is 1. The smallest absolute Gasteiger partial charge is 0.315 e. The van der Waals surface area contributed by atoms with Gasteiger partial charge in [-0.05, 0) is 56.9 Å². The maximum Gasteiger partial charge on any atom is 0.315 e. The van der Waals surface area contributed by atoms with Crippen LogP contribution in [0.15, 0.2) is 47.4 Å². The van der Waals surface area contributed by atoms with Gasteiger partial charge < -0.3 is 9.84 Å². The Morgan fingerprint density at radius 3 is 2.42 bits per heavy atom. The Hall–Kier alpha value is -2.64. The Balaban J connectivity index is 1.86. The molecule has 3 aromatic rings. The van der Waals surface area contributed by atoms with Gasteiger partial charge >= 0.3 is 5.97 Å². The number of carbonyl (C=O) groups is 1. The van der Waals surface area contributed by atoms with Gasteiger partial charge in [0.1, 0.15) is 11.0 Å². The van der Waals surface area contributed by atoms with Crippen molar-refractivity contribution in [2.75, 3.05) is 7.11 Å². The van der Waals surface area contributed by atoms with Crippen LogP contribution in [0.25, 0.3) is 10.9 Å². The largest absolute Gasteiger partial charge is 0.468 e. The van der Waals surface area contributed by atoms with Crippen LogP contribution in [-0.4, -0.2) is 30.6 Å². The highest BCUT2D eigenvalue weighted by Gasteiger charge is 2.66. The summed E-state index contributed by atoms with van der Waals surface area (Å²) in [7, 11) is -2.63. The number of hydrogen-bond acceptors (Lipinski definition) is 5. The van der Waals surface area contributed by atoms with E-state index in [9.17, 15) is 18.3 Å². The number of carbonyl (C=O) groups excluding carboxylic acids is 1. The summed E-state index contributed by atoms with van der Waals surface area (Å²) in [6, 6.07) is 12.3. The molecule has 7 heteroatoms. The molecule has 1 fully saturated rings. The Morgan fingerprint density at radius 2 is 1.74 bits per heavy atom. The first kappa shape index (κ1) is 20.3. The molecule has 0 bridgehead atoms. The molecule has 1 heterocycles. The van der Waals surface area contributed by atoms with E-state index in [2.05, 4.69) is 0 Å². The minimum absolute atomic E-state index is 0.129. The molecular weight excluding hydrogens is 414 g/mol. The number of esters is 1. The summed E-state index contributed by atoms with van der Waals surface area (Å²) in [6.45, 7) is 3.81. The second-order valence-electron chi connectivity index (χ2n) is 8.89. The molecule has 1 saturated carbocycles. The Morgan fingerprint density at radius 1 is 1.06 bits per heavy atom. The lowest BCUT2D eigenvalue weighted by atomic mass is 9.74. The summed E-state index contributed by atoms with van der Waals surface area (Å²) in [5.74, 6) is -0.483. The molecule has 0 spiro atoms. The van der Waals surface area contributed by atoms with Crippen molar-refractivity contribution in [1.29, 1.82) is 0 Å². The van der Waals surface area contributed by atoms with Crippen LogP contribution in [0.4, 0.5) is 0 Å². The van der Waals surface area contributed by atoms with Gasteiger partial charge in [-0.3, -0.25) is 4.79 Å².